The van der Waals surface area contributed by atoms with Gasteiger partial charge in [0.05, 0.1) is 12.1 Å². The Kier molecular flexibility index (Phi) is 12.0. The van der Waals surface area contributed by atoms with E-state index in [9.17, 15) is 28.3 Å². The standard InChI is InChI=1S/C30H40F2N4O4/c1-3-5-6-10-35-11-12-36(30(40)29(35)39)20-28(38)34-26(16-23-14-24(31)17-25(32)15-23)27(37)19-33-18-22-9-7-8-21(4-2)13-22/h7-9,13-15,17,26-27,33,37H,3-6,10-12,16,18-20H2,1-2H3,(H,34,38)/t26-,27+/m0/s1. The molecule has 10 heteroatoms. The quantitative estimate of drug-likeness (QED) is 0.230. The number of unbranched alkanes of at least 4 members (excludes halogenated alkanes) is 2. The number of carbonyl (C=O) groups excluding carboxylic acids is 3. The van der Waals surface area contributed by atoms with Crippen LogP contribution in [0.2, 0.25) is 0 Å². The van der Waals surface area contributed by atoms with Crippen LogP contribution in [0, 0.1) is 11.6 Å². The van der Waals surface area contributed by atoms with Crippen LogP contribution in [0.1, 0.15) is 49.8 Å². The Balaban J connectivity index is 1.62. The summed E-state index contributed by atoms with van der Waals surface area (Å²) >= 11 is 0. The van der Waals surface area contributed by atoms with Gasteiger partial charge < -0.3 is 25.5 Å². The lowest BCUT2D eigenvalue weighted by molar-refractivity contribution is -0.157. The van der Waals surface area contributed by atoms with Crippen molar-refractivity contribution in [2.75, 3.05) is 32.7 Å². The molecule has 0 aromatic heterocycles. The number of nitrogens with zero attached hydrogens (tertiary/aromatic N) is 2. The molecule has 3 rings (SSSR count). The highest BCUT2D eigenvalue weighted by Gasteiger charge is 2.33. The zero-order valence-electron chi connectivity index (χ0n) is 23.3. The predicted octanol–water partition coefficient (Wildman–Crippen LogP) is 2.57. The van der Waals surface area contributed by atoms with E-state index >= 15 is 0 Å². The molecule has 0 saturated carbocycles. The highest BCUT2D eigenvalue weighted by molar-refractivity contribution is 6.35. The van der Waals surface area contributed by atoms with Crippen LogP contribution in [-0.4, -0.2) is 77.5 Å². The second-order valence-electron chi connectivity index (χ2n) is 10.3. The number of halogens is 2. The number of aliphatic hydroxyl groups excluding tert-OH is 1. The third kappa shape index (κ3) is 9.38. The summed E-state index contributed by atoms with van der Waals surface area (Å²) < 4.78 is 27.7. The first kappa shape index (κ1) is 31.2. The van der Waals surface area contributed by atoms with Crippen LogP contribution in [0.5, 0.6) is 0 Å². The van der Waals surface area contributed by atoms with Crippen LogP contribution < -0.4 is 10.6 Å². The van der Waals surface area contributed by atoms with E-state index in [1.54, 1.807) is 0 Å². The normalized spacial score (nSPS) is 15.3. The minimum absolute atomic E-state index is 0.0350. The second-order valence-corrected chi connectivity index (χ2v) is 10.3. The summed E-state index contributed by atoms with van der Waals surface area (Å²) in [4.78, 5) is 40.8. The van der Waals surface area contributed by atoms with Crippen LogP contribution in [-0.2, 0) is 33.8 Å². The maximum Gasteiger partial charge on any atom is 0.312 e. The lowest BCUT2D eigenvalue weighted by atomic mass is 10.0. The van der Waals surface area contributed by atoms with Crippen LogP contribution >= 0.6 is 0 Å². The van der Waals surface area contributed by atoms with E-state index in [1.807, 2.05) is 18.2 Å². The fourth-order valence-electron chi connectivity index (χ4n) is 4.79. The molecule has 1 aliphatic rings. The topological polar surface area (TPSA) is 102 Å². The van der Waals surface area contributed by atoms with Gasteiger partial charge in [0.2, 0.25) is 5.91 Å². The van der Waals surface area contributed by atoms with Crippen molar-refractivity contribution in [2.24, 2.45) is 0 Å². The average molecular weight is 559 g/mol. The molecule has 0 bridgehead atoms. The number of hydrogen-bond donors (Lipinski definition) is 3. The molecule has 1 saturated heterocycles. The van der Waals surface area contributed by atoms with E-state index in [0.717, 1.165) is 49.4 Å². The molecule has 40 heavy (non-hydrogen) atoms. The molecule has 2 aromatic carbocycles. The number of hydrogen-bond acceptors (Lipinski definition) is 5. The number of benzene rings is 2. The molecule has 0 spiro atoms. The van der Waals surface area contributed by atoms with E-state index in [2.05, 4.69) is 30.5 Å². The monoisotopic (exact) mass is 558 g/mol. The molecule has 8 nitrogen and oxygen atoms in total. The highest BCUT2D eigenvalue weighted by atomic mass is 19.1. The summed E-state index contributed by atoms with van der Waals surface area (Å²) in [6.45, 7) is 5.43. The molecule has 2 aromatic rings. The number of aliphatic hydroxyl groups is 1. The second kappa shape index (κ2) is 15.4. The van der Waals surface area contributed by atoms with Crippen molar-refractivity contribution in [2.45, 2.75) is 64.6 Å². The molecular formula is C30H40F2N4O4. The van der Waals surface area contributed by atoms with Gasteiger partial charge in [-0.1, -0.05) is 51.0 Å². The molecule has 1 heterocycles. The first-order valence-electron chi connectivity index (χ1n) is 14.0. The SMILES string of the molecule is CCCCCN1CCN(CC(=O)N[C@@H](Cc2cc(F)cc(F)c2)[C@H](O)CNCc2cccc(CC)c2)C(=O)C1=O. The van der Waals surface area contributed by atoms with E-state index < -0.39 is 41.5 Å². The number of nitrogens with one attached hydrogen (secondary N) is 2. The van der Waals surface area contributed by atoms with Crippen LogP contribution in [0.25, 0.3) is 0 Å². The fourth-order valence-corrected chi connectivity index (χ4v) is 4.79. The third-order valence-corrected chi connectivity index (χ3v) is 7.03. The molecule has 3 amide bonds. The Morgan fingerprint density at radius 3 is 2.33 bits per heavy atom. The van der Waals surface area contributed by atoms with Gasteiger partial charge >= 0.3 is 11.8 Å². The predicted molar refractivity (Wildman–Crippen MR) is 148 cm³/mol. The van der Waals surface area contributed by atoms with Gasteiger partial charge in [0, 0.05) is 38.8 Å². The lowest BCUT2D eigenvalue weighted by Crippen LogP contribution is -2.57. The highest BCUT2D eigenvalue weighted by Crippen LogP contribution is 2.13. The molecule has 218 valence electrons. The zero-order chi connectivity index (χ0) is 29.1. The van der Waals surface area contributed by atoms with Crippen LogP contribution in [0.15, 0.2) is 42.5 Å². The summed E-state index contributed by atoms with van der Waals surface area (Å²) in [6.07, 6.45) is 2.54. The zero-order valence-corrected chi connectivity index (χ0v) is 23.3. The van der Waals surface area contributed by atoms with Gasteiger partial charge in [0.15, 0.2) is 0 Å². The summed E-state index contributed by atoms with van der Waals surface area (Å²) in [5.41, 5.74) is 2.49. The van der Waals surface area contributed by atoms with Gasteiger partial charge in [-0.05, 0) is 48.1 Å². The largest absolute Gasteiger partial charge is 0.390 e. The maximum atomic E-state index is 13.8. The van der Waals surface area contributed by atoms with E-state index in [4.69, 9.17) is 0 Å². The summed E-state index contributed by atoms with van der Waals surface area (Å²) in [6, 6.07) is 10.2. The van der Waals surface area contributed by atoms with E-state index in [0.29, 0.717) is 19.6 Å². The minimum atomic E-state index is -1.10. The number of amides is 3. The molecular weight excluding hydrogens is 518 g/mol. The number of aryl methyl sites for hydroxylation is 1. The van der Waals surface area contributed by atoms with Gasteiger partial charge in [-0.2, -0.15) is 0 Å². The fraction of sp³-hybridized carbons (Fsp3) is 0.500. The summed E-state index contributed by atoms with van der Waals surface area (Å²) in [5, 5.41) is 16.9. The Morgan fingerprint density at radius 1 is 0.950 bits per heavy atom. The Morgan fingerprint density at radius 2 is 1.62 bits per heavy atom. The Labute approximate surface area is 234 Å². The van der Waals surface area contributed by atoms with Crippen LogP contribution in [0.3, 0.4) is 0 Å². The molecule has 3 N–H and O–H groups in total. The first-order valence-corrected chi connectivity index (χ1v) is 14.0. The Hall–Kier alpha value is -3.37. The lowest BCUT2D eigenvalue weighted by Gasteiger charge is -2.34. The molecule has 0 aliphatic carbocycles. The molecule has 0 radical (unpaired) electrons. The van der Waals surface area contributed by atoms with Crippen molar-refractivity contribution in [3.8, 4) is 0 Å². The van der Waals surface area contributed by atoms with Crippen molar-refractivity contribution >= 4 is 17.7 Å². The first-order chi connectivity index (χ1) is 19.2. The summed E-state index contributed by atoms with van der Waals surface area (Å²) in [5.74, 6) is -3.46. The third-order valence-electron chi connectivity index (χ3n) is 7.03. The van der Waals surface area contributed by atoms with E-state index in [1.165, 1.54) is 15.4 Å². The van der Waals surface area contributed by atoms with Crippen LogP contribution in [0.4, 0.5) is 8.78 Å². The van der Waals surface area contributed by atoms with Crippen molar-refractivity contribution in [1.82, 2.24) is 20.4 Å². The van der Waals surface area contributed by atoms with Gasteiger partial charge in [-0.25, -0.2) is 8.78 Å². The number of piperazine rings is 1. The summed E-state index contributed by atoms with van der Waals surface area (Å²) in [7, 11) is 0. The average Bonchev–Trinajstić information content (AvgIpc) is 2.91. The molecule has 2 atom stereocenters. The van der Waals surface area contributed by atoms with Crippen molar-refractivity contribution in [3.63, 3.8) is 0 Å². The molecule has 0 unspecified atom stereocenters. The van der Waals surface area contributed by atoms with Crippen molar-refractivity contribution in [1.29, 1.82) is 0 Å². The maximum absolute atomic E-state index is 13.8. The van der Waals surface area contributed by atoms with Gasteiger partial charge in [0.1, 0.15) is 18.2 Å². The van der Waals surface area contributed by atoms with Gasteiger partial charge in [-0.15, -0.1) is 0 Å². The van der Waals surface area contributed by atoms with E-state index in [-0.39, 0.29) is 31.6 Å². The number of rotatable bonds is 15. The molecule has 1 fully saturated rings. The van der Waals surface area contributed by atoms with Gasteiger partial charge in [0.25, 0.3) is 0 Å². The molecule has 1 aliphatic heterocycles. The Bertz CT molecular complexity index is 1140. The van der Waals surface area contributed by atoms with Gasteiger partial charge in [-0.3, -0.25) is 14.4 Å². The minimum Gasteiger partial charge on any atom is -0.390 e. The van der Waals surface area contributed by atoms with Crippen molar-refractivity contribution < 1.29 is 28.3 Å². The van der Waals surface area contributed by atoms with Crippen molar-refractivity contribution in [3.05, 3.63) is 70.8 Å². The smallest absolute Gasteiger partial charge is 0.312 e. The number of carbonyl (C=O) groups is 3.